The number of carbonyl (C=O) groups excluding carboxylic acids is 2. The SMILES string of the molecule is CCNC(=O)C(=O)NCCCCN1CCO[C@@H](c2ccccc2)C1. The Labute approximate surface area is 143 Å². The minimum atomic E-state index is -0.559. The fraction of sp³-hybridized carbons (Fsp3) is 0.556. The second kappa shape index (κ2) is 10.1. The van der Waals surface area contributed by atoms with E-state index in [-0.39, 0.29) is 6.10 Å². The first-order valence-corrected chi connectivity index (χ1v) is 8.65. The third-order valence-corrected chi connectivity index (χ3v) is 4.05. The molecule has 1 aliphatic heterocycles. The lowest BCUT2D eigenvalue weighted by atomic mass is 10.1. The lowest BCUT2D eigenvalue weighted by Crippen LogP contribution is -2.40. The van der Waals surface area contributed by atoms with E-state index < -0.39 is 11.8 Å². The van der Waals surface area contributed by atoms with Gasteiger partial charge >= 0.3 is 11.8 Å². The molecular weight excluding hydrogens is 306 g/mol. The smallest absolute Gasteiger partial charge is 0.309 e. The normalized spacial score (nSPS) is 18.1. The Hall–Kier alpha value is -1.92. The lowest BCUT2D eigenvalue weighted by Gasteiger charge is -2.33. The van der Waals surface area contributed by atoms with Crippen LogP contribution in [0.5, 0.6) is 0 Å². The molecule has 0 unspecified atom stereocenters. The van der Waals surface area contributed by atoms with E-state index in [4.69, 9.17) is 4.74 Å². The summed E-state index contributed by atoms with van der Waals surface area (Å²) in [7, 11) is 0. The molecule has 0 radical (unpaired) electrons. The van der Waals surface area contributed by atoms with Gasteiger partial charge < -0.3 is 15.4 Å². The number of nitrogens with one attached hydrogen (secondary N) is 2. The summed E-state index contributed by atoms with van der Waals surface area (Å²) in [5, 5.41) is 5.13. The number of unbranched alkanes of at least 4 members (excludes halogenated alkanes) is 1. The Morgan fingerprint density at radius 1 is 1.17 bits per heavy atom. The standard InChI is InChI=1S/C18H27N3O3/c1-2-19-17(22)18(23)20-10-6-7-11-21-12-13-24-16(14-21)15-8-4-3-5-9-15/h3-5,8-9,16H,2,6-7,10-14H2,1H3,(H,19,22)(H,20,23)/t16-/m1/s1. The molecular formula is C18H27N3O3. The summed E-state index contributed by atoms with van der Waals surface area (Å²) in [6, 6.07) is 10.3. The van der Waals surface area contributed by atoms with Crippen molar-refractivity contribution in [2.75, 3.05) is 39.3 Å². The maximum atomic E-state index is 11.4. The van der Waals surface area contributed by atoms with E-state index in [1.54, 1.807) is 6.92 Å². The Morgan fingerprint density at radius 2 is 1.92 bits per heavy atom. The van der Waals surface area contributed by atoms with Gasteiger partial charge in [-0.25, -0.2) is 0 Å². The quantitative estimate of drug-likeness (QED) is 0.579. The first-order chi connectivity index (χ1) is 11.7. The van der Waals surface area contributed by atoms with E-state index in [9.17, 15) is 9.59 Å². The molecule has 6 heteroatoms. The molecule has 0 aromatic heterocycles. The molecule has 1 fully saturated rings. The molecule has 0 saturated carbocycles. The average molecular weight is 333 g/mol. The number of likely N-dealkylation sites (N-methyl/N-ethyl adjacent to an activating group) is 1. The number of benzene rings is 1. The second-order valence-corrected chi connectivity index (χ2v) is 5.89. The number of nitrogens with zero attached hydrogens (tertiary/aromatic N) is 1. The van der Waals surface area contributed by atoms with Gasteiger partial charge in [0, 0.05) is 26.2 Å². The number of rotatable bonds is 7. The van der Waals surface area contributed by atoms with E-state index in [2.05, 4.69) is 27.7 Å². The van der Waals surface area contributed by atoms with Gasteiger partial charge in [-0.2, -0.15) is 0 Å². The van der Waals surface area contributed by atoms with Crippen molar-refractivity contribution in [2.45, 2.75) is 25.9 Å². The van der Waals surface area contributed by atoms with Gasteiger partial charge in [0.25, 0.3) is 0 Å². The molecule has 0 bridgehead atoms. The molecule has 2 N–H and O–H groups in total. The van der Waals surface area contributed by atoms with Crippen LogP contribution in [0, 0.1) is 0 Å². The summed E-state index contributed by atoms with van der Waals surface area (Å²) in [5.74, 6) is -1.11. The van der Waals surface area contributed by atoms with E-state index in [1.165, 1.54) is 5.56 Å². The maximum absolute atomic E-state index is 11.4. The zero-order valence-corrected chi connectivity index (χ0v) is 14.3. The Bertz CT molecular complexity index is 522. The minimum absolute atomic E-state index is 0.136. The number of hydrogen-bond acceptors (Lipinski definition) is 4. The Balaban J connectivity index is 1.62. The van der Waals surface area contributed by atoms with Crippen molar-refractivity contribution in [3.05, 3.63) is 35.9 Å². The van der Waals surface area contributed by atoms with Crippen LogP contribution in [0.4, 0.5) is 0 Å². The van der Waals surface area contributed by atoms with E-state index in [1.807, 2.05) is 18.2 Å². The molecule has 0 spiro atoms. The average Bonchev–Trinajstić information content (AvgIpc) is 2.62. The fourth-order valence-electron chi connectivity index (χ4n) is 2.76. The third-order valence-electron chi connectivity index (χ3n) is 4.05. The molecule has 1 aromatic carbocycles. The van der Waals surface area contributed by atoms with Crippen LogP contribution in [0.1, 0.15) is 31.4 Å². The monoisotopic (exact) mass is 333 g/mol. The molecule has 0 aliphatic carbocycles. The van der Waals surface area contributed by atoms with Crippen LogP contribution in [0.25, 0.3) is 0 Å². The van der Waals surface area contributed by atoms with Crippen molar-refractivity contribution in [1.29, 1.82) is 0 Å². The van der Waals surface area contributed by atoms with Crippen molar-refractivity contribution in [3.63, 3.8) is 0 Å². The molecule has 2 rings (SSSR count). The van der Waals surface area contributed by atoms with Gasteiger partial charge in [-0.3, -0.25) is 14.5 Å². The zero-order valence-electron chi connectivity index (χ0n) is 14.3. The molecule has 1 atom stereocenters. The largest absolute Gasteiger partial charge is 0.371 e. The topological polar surface area (TPSA) is 70.7 Å². The molecule has 1 aliphatic rings. The summed E-state index contributed by atoms with van der Waals surface area (Å²) >= 11 is 0. The van der Waals surface area contributed by atoms with E-state index in [0.717, 1.165) is 39.1 Å². The fourth-order valence-corrected chi connectivity index (χ4v) is 2.76. The highest BCUT2D eigenvalue weighted by atomic mass is 16.5. The van der Waals surface area contributed by atoms with Crippen LogP contribution >= 0.6 is 0 Å². The van der Waals surface area contributed by atoms with Gasteiger partial charge in [-0.1, -0.05) is 30.3 Å². The van der Waals surface area contributed by atoms with Crippen molar-refractivity contribution >= 4 is 11.8 Å². The second-order valence-electron chi connectivity index (χ2n) is 5.89. The molecule has 132 valence electrons. The lowest BCUT2D eigenvalue weighted by molar-refractivity contribution is -0.139. The first-order valence-electron chi connectivity index (χ1n) is 8.65. The highest BCUT2D eigenvalue weighted by Gasteiger charge is 2.21. The highest BCUT2D eigenvalue weighted by Crippen LogP contribution is 2.21. The van der Waals surface area contributed by atoms with Crippen LogP contribution in [-0.4, -0.2) is 56.0 Å². The predicted molar refractivity (Wildman–Crippen MR) is 92.5 cm³/mol. The first kappa shape index (κ1) is 18.4. The van der Waals surface area contributed by atoms with Crippen LogP contribution in [0.3, 0.4) is 0 Å². The van der Waals surface area contributed by atoms with Crippen molar-refractivity contribution < 1.29 is 14.3 Å². The van der Waals surface area contributed by atoms with Crippen LogP contribution in [-0.2, 0) is 14.3 Å². The Kier molecular flexibility index (Phi) is 7.71. The minimum Gasteiger partial charge on any atom is -0.371 e. The summed E-state index contributed by atoms with van der Waals surface area (Å²) in [5.41, 5.74) is 1.22. The van der Waals surface area contributed by atoms with Crippen LogP contribution in [0.2, 0.25) is 0 Å². The molecule has 2 amide bonds. The molecule has 6 nitrogen and oxygen atoms in total. The Morgan fingerprint density at radius 3 is 2.67 bits per heavy atom. The molecule has 24 heavy (non-hydrogen) atoms. The number of ether oxygens (including phenoxy) is 1. The van der Waals surface area contributed by atoms with Gasteiger partial charge in [0.05, 0.1) is 12.7 Å². The predicted octanol–water partition coefficient (Wildman–Crippen LogP) is 1.09. The summed E-state index contributed by atoms with van der Waals surface area (Å²) in [6.45, 7) is 6.34. The van der Waals surface area contributed by atoms with Gasteiger partial charge in [0.15, 0.2) is 0 Å². The number of morpholine rings is 1. The van der Waals surface area contributed by atoms with E-state index in [0.29, 0.717) is 13.1 Å². The van der Waals surface area contributed by atoms with Crippen LogP contribution in [0.15, 0.2) is 30.3 Å². The third kappa shape index (κ3) is 5.94. The molecule has 1 heterocycles. The van der Waals surface area contributed by atoms with Crippen molar-refractivity contribution in [1.82, 2.24) is 15.5 Å². The summed E-state index contributed by atoms with van der Waals surface area (Å²) in [4.78, 5) is 25.1. The van der Waals surface area contributed by atoms with Crippen molar-refractivity contribution in [3.8, 4) is 0 Å². The summed E-state index contributed by atoms with van der Waals surface area (Å²) in [6.07, 6.45) is 1.98. The summed E-state index contributed by atoms with van der Waals surface area (Å²) < 4.78 is 5.86. The number of amides is 2. The van der Waals surface area contributed by atoms with Crippen molar-refractivity contribution in [2.24, 2.45) is 0 Å². The molecule has 1 aromatic rings. The van der Waals surface area contributed by atoms with Gasteiger partial charge in [0.1, 0.15) is 0 Å². The zero-order chi connectivity index (χ0) is 17.2. The maximum Gasteiger partial charge on any atom is 0.309 e. The van der Waals surface area contributed by atoms with Gasteiger partial charge in [-0.15, -0.1) is 0 Å². The van der Waals surface area contributed by atoms with Gasteiger partial charge in [-0.05, 0) is 31.9 Å². The molecule has 1 saturated heterocycles. The van der Waals surface area contributed by atoms with Crippen LogP contribution < -0.4 is 10.6 Å². The van der Waals surface area contributed by atoms with E-state index >= 15 is 0 Å². The van der Waals surface area contributed by atoms with Gasteiger partial charge in [0.2, 0.25) is 0 Å². The number of carbonyl (C=O) groups is 2. The number of hydrogen-bond donors (Lipinski definition) is 2. The highest BCUT2D eigenvalue weighted by molar-refractivity contribution is 6.35.